The number of ether oxygens (including phenoxy) is 2. The summed E-state index contributed by atoms with van der Waals surface area (Å²) < 4.78 is 31.4. The molecule has 3 N–H and O–H groups in total. The summed E-state index contributed by atoms with van der Waals surface area (Å²) in [5.74, 6) is 0.310. The lowest BCUT2D eigenvalue weighted by atomic mass is 10.1. The van der Waals surface area contributed by atoms with E-state index in [1.165, 1.54) is 10.9 Å². The Morgan fingerprint density at radius 3 is 3.12 bits per heavy atom. The van der Waals surface area contributed by atoms with Gasteiger partial charge in [-0.1, -0.05) is 0 Å². The van der Waals surface area contributed by atoms with Gasteiger partial charge in [0.15, 0.2) is 0 Å². The van der Waals surface area contributed by atoms with Crippen molar-refractivity contribution in [3.63, 3.8) is 0 Å². The molecule has 0 saturated carbocycles. The van der Waals surface area contributed by atoms with Crippen LogP contribution in [0.4, 0.5) is 0 Å². The zero-order valence-electron chi connectivity index (χ0n) is 9.80. The van der Waals surface area contributed by atoms with Crippen molar-refractivity contribution < 1.29 is 13.7 Å². The van der Waals surface area contributed by atoms with Crippen LogP contribution in [-0.2, 0) is 21.2 Å². The molecule has 0 aliphatic carbocycles. The number of hydrogen-bond acceptors (Lipinski definition) is 5. The van der Waals surface area contributed by atoms with Gasteiger partial charge in [-0.05, 0) is 13.8 Å². The van der Waals surface area contributed by atoms with E-state index in [2.05, 4.69) is 5.10 Å². The van der Waals surface area contributed by atoms with Gasteiger partial charge in [-0.2, -0.15) is 5.10 Å². The Kier molecular flexibility index (Phi) is 2.88. The Labute approximate surface area is 100.0 Å². The van der Waals surface area contributed by atoms with Crippen LogP contribution in [0, 0.1) is 4.78 Å². The fourth-order valence-corrected chi connectivity index (χ4v) is 2.47. The number of nitrogens with zero attached hydrogens (tertiary/aromatic N) is 2. The molecule has 96 valence electrons. The number of nitrogens with one attached hydrogen (secondary N) is 1. The van der Waals surface area contributed by atoms with Gasteiger partial charge in [-0.3, -0.25) is 0 Å². The standard InChI is InChI=1S/C9H16N4O3S/c1-3-16-9(2)5-13-8(15-6-9)7(4-12-13)17(10,11)14/h4H,3,5-6H2,1-2H3,(H3,10,11,14)/t9-/m1/s1. The van der Waals surface area contributed by atoms with E-state index in [1.54, 1.807) is 0 Å². The van der Waals surface area contributed by atoms with Crippen molar-refractivity contribution in [2.45, 2.75) is 30.9 Å². The van der Waals surface area contributed by atoms with E-state index in [9.17, 15) is 4.21 Å². The molecule has 1 aliphatic rings. The van der Waals surface area contributed by atoms with E-state index in [-0.39, 0.29) is 4.90 Å². The van der Waals surface area contributed by atoms with E-state index in [1.807, 2.05) is 13.8 Å². The van der Waals surface area contributed by atoms with Gasteiger partial charge in [0.05, 0.1) is 12.7 Å². The van der Waals surface area contributed by atoms with Crippen molar-refractivity contribution >= 4 is 9.92 Å². The van der Waals surface area contributed by atoms with Gasteiger partial charge in [0.2, 0.25) is 5.88 Å². The largest absolute Gasteiger partial charge is 0.474 e. The summed E-state index contributed by atoms with van der Waals surface area (Å²) in [5.41, 5.74) is -0.456. The fraction of sp³-hybridized carbons (Fsp3) is 0.667. The van der Waals surface area contributed by atoms with Crippen LogP contribution in [0.25, 0.3) is 0 Å². The first-order chi connectivity index (χ1) is 7.86. The first-order valence-corrected chi connectivity index (χ1v) is 6.87. The van der Waals surface area contributed by atoms with Crippen molar-refractivity contribution in [2.24, 2.45) is 5.14 Å². The molecule has 17 heavy (non-hydrogen) atoms. The minimum atomic E-state index is -3.30. The SMILES string of the molecule is CCO[C@@]1(C)COc2c(S(=N)(N)=O)cnn2C1. The molecule has 2 rings (SSSR count). The average molecular weight is 260 g/mol. The summed E-state index contributed by atoms with van der Waals surface area (Å²) in [6.45, 7) is 5.23. The molecule has 0 fully saturated rings. The van der Waals surface area contributed by atoms with Crippen LogP contribution in [0.2, 0.25) is 0 Å². The Morgan fingerprint density at radius 1 is 1.82 bits per heavy atom. The minimum absolute atomic E-state index is 0.135. The quantitative estimate of drug-likeness (QED) is 0.818. The highest BCUT2D eigenvalue weighted by atomic mass is 32.2. The van der Waals surface area contributed by atoms with Gasteiger partial charge in [0.1, 0.15) is 27.0 Å². The lowest BCUT2D eigenvalue weighted by Gasteiger charge is -2.33. The van der Waals surface area contributed by atoms with Gasteiger partial charge in [0.25, 0.3) is 0 Å². The maximum Gasteiger partial charge on any atom is 0.231 e. The summed E-state index contributed by atoms with van der Waals surface area (Å²) in [4.78, 5) is 0.135. The monoisotopic (exact) mass is 260 g/mol. The lowest BCUT2D eigenvalue weighted by molar-refractivity contribution is -0.0861. The molecule has 7 nitrogen and oxygen atoms in total. The van der Waals surface area contributed by atoms with E-state index >= 15 is 0 Å². The highest BCUT2D eigenvalue weighted by Crippen LogP contribution is 2.30. The molecule has 0 radical (unpaired) electrons. The predicted octanol–water partition coefficient (Wildman–Crippen LogP) is 0.350. The van der Waals surface area contributed by atoms with Crippen LogP contribution < -0.4 is 9.88 Å². The highest BCUT2D eigenvalue weighted by molar-refractivity contribution is 7.90. The molecular weight excluding hydrogens is 244 g/mol. The molecule has 8 heteroatoms. The van der Waals surface area contributed by atoms with Crippen LogP contribution in [-0.4, -0.2) is 32.8 Å². The Hall–Kier alpha value is -1.12. The maximum atomic E-state index is 11.5. The first-order valence-electron chi connectivity index (χ1n) is 5.25. The smallest absolute Gasteiger partial charge is 0.231 e. The second kappa shape index (κ2) is 3.97. The minimum Gasteiger partial charge on any atom is -0.474 e. The number of hydrogen-bond donors (Lipinski definition) is 2. The van der Waals surface area contributed by atoms with E-state index < -0.39 is 15.5 Å². The van der Waals surface area contributed by atoms with Crippen LogP contribution in [0.15, 0.2) is 11.1 Å². The van der Waals surface area contributed by atoms with Crippen molar-refractivity contribution in [3.05, 3.63) is 6.20 Å². The van der Waals surface area contributed by atoms with Gasteiger partial charge in [-0.25, -0.2) is 18.8 Å². The summed E-state index contributed by atoms with van der Waals surface area (Å²) in [5, 5.41) is 9.31. The van der Waals surface area contributed by atoms with Crippen LogP contribution in [0.1, 0.15) is 13.8 Å². The predicted molar refractivity (Wildman–Crippen MR) is 61.1 cm³/mol. The second-order valence-corrected chi connectivity index (χ2v) is 5.89. The molecular formula is C9H16N4O3S. The zero-order valence-corrected chi connectivity index (χ0v) is 10.6. The number of rotatable bonds is 3. The van der Waals surface area contributed by atoms with E-state index in [0.717, 1.165) is 0 Å². The maximum absolute atomic E-state index is 11.5. The van der Waals surface area contributed by atoms with E-state index in [0.29, 0.717) is 25.6 Å². The molecule has 1 aromatic rings. The molecule has 0 spiro atoms. The van der Waals surface area contributed by atoms with Crippen molar-refractivity contribution in [1.82, 2.24) is 9.78 Å². The van der Waals surface area contributed by atoms with Crippen molar-refractivity contribution in [2.75, 3.05) is 13.2 Å². The van der Waals surface area contributed by atoms with Gasteiger partial charge in [-0.15, -0.1) is 0 Å². The summed E-state index contributed by atoms with van der Waals surface area (Å²) in [6, 6.07) is 0. The molecule has 2 atom stereocenters. The third-order valence-corrected chi connectivity index (χ3v) is 3.51. The fourth-order valence-electron chi connectivity index (χ4n) is 1.84. The topological polar surface area (TPSA) is 103 Å². The Bertz CT molecular complexity index is 524. The summed E-state index contributed by atoms with van der Waals surface area (Å²) >= 11 is 0. The molecule has 1 aromatic heterocycles. The third-order valence-electron chi connectivity index (χ3n) is 2.58. The van der Waals surface area contributed by atoms with Crippen LogP contribution in [0.3, 0.4) is 0 Å². The molecule has 0 aromatic carbocycles. The van der Waals surface area contributed by atoms with E-state index in [4.69, 9.17) is 19.4 Å². The van der Waals surface area contributed by atoms with Crippen LogP contribution in [0.5, 0.6) is 5.88 Å². The normalized spacial score (nSPS) is 27.0. The number of aromatic nitrogens is 2. The Morgan fingerprint density at radius 2 is 2.53 bits per heavy atom. The Balaban J connectivity index is 2.34. The first kappa shape index (κ1) is 12.3. The molecule has 0 saturated heterocycles. The second-order valence-electron chi connectivity index (χ2n) is 4.24. The third kappa shape index (κ3) is 2.28. The molecule has 1 aliphatic heterocycles. The molecule has 1 unspecified atom stereocenters. The molecule has 2 heterocycles. The summed E-state index contributed by atoms with van der Waals surface area (Å²) in [7, 11) is -3.30. The number of fused-ring (bicyclic) bond motifs is 1. The number of nitrogens with two attached hydrogens (primary N) is 1. The zero-order chi connectivity index (χ0) is 12.7. The van der Waals surface area contributed by atoms with Gasteiger partial charge >= 0.3 is 0 Å². The van der Waals surface area contributed by atoms with Gasteiger partial charge < -0.3 is 9.47 Å². The summed E-state index contributed by atoms with van der Waals surface area (Å²) in [6.07, 6.45) is 1.32. The average Bonchev–Trinajstić information content (AvgIpc) is 2.59. The van der Waals surface area contributed by atoms with Crippen molar-refractivity contribution in [1.29, 1.82) is 4.78 Å². The molecule has 0 amide bonds. The van der Waals surface area contributed by atoms with Crippen LogP contribution >= 0.6 is 0 Å². The highest BCUT2D eigenvalue weighted by Gasteiger charge is 2.35. The van der Waals surface area contributed by atoms with Gasteiger partial charge in [0, 0.05) is 6.61 Å². The molecule has 0 bridgehead atoms. The lowest BCUT2D eigenvalue weighted by Crippen LogP contribution is -2.44. The van der Waals surface area contributed by atoms with Crippen molar-refractivity contribution in [3.8, 4) is 5.88 Å².